The number of ether oxygens (including phenoxy) is 1. The Morgan fingerprint density at radius 3 is 2.92 bits per heavy atom. The molecule has 0 saturated carbocycles. The number of methoxy groups -OCH3 is 1. The maximum atomic E-state index is 10.8. The smallest absolute Gasteiger partial charge is 0.239 e. The van der Waals surface area contributed by atoms with Gasteiger partial charge in [-0.05, 0) is 12.1 Å². The van der Waals surface area contributed by atoms with Crippen LogP contribution in [-0.2, 0) is 11.2 Å². The molecule has 13 heavy (non-hydrogen) atoms. The number of hydrogen-bond donors (Lipinski definition) is 2. The zero-order valence-corrected chi connectivity index (χ0v) is 7.28. The van der Waals surface area contributed by atoms with E-state index in [1.807, 2.05) is 5.43 Å². The van der Waals surface area contributed by atoms with Gasteiger partial charge in [0.2, 0.25) is 5.91 Å². The molecular formula is C8H11N3O2. The number of rotatable bonds is 3. The summed E-state index contributed by atoms with van der Waals surface area (Å²) < 4.78 is 4.91. The molecular weight excluding hydrogens is 170 g/mol. The molecule has 3 N–H and O–H groups in total. The quantitative estimate of drug-likeness (QED) is 0.378. The fourth-order valence-corrected chi connectivity index (χ4v) is 0.852. The molecule has 1 heterocycles. The van der Waals surface area contributed by atoms with Crippen LogP contribution in [-0.4, -0.2) is 18.0 Å². The molecule has 0 saturated heterocycles. The van der Waals surface area contributed by atoms with Crippen LogP contribution in [0.1, 0.15) is 5.69 Å². The van der Waals surface area contributed by atoms with E-state index in [4.69, 9.17) is 10.6 Å². The van der Waals surface area contributed by atoms with Gasteiger partial charge in [-0.25, -0.2) is 5.84 Å². The molecule has 1 amide bonds. The third-order valence-corrected chi connectivity index (χ3v) is 1.54. The van der Waals surface area contributed by atoms with Gasteiger partial charge in [0.25, 0.3) is 0 Å². The van der Waals surface area contributed by atoms with Gasteiger partial charge in [-0.2, -0.15) is 0 Å². The van der Waals surface area contributed by atoms with Gasteiger partial charge >= 0.3 is 0 Å². The van der Waals surface area contributed by atoms with E-state index in [1.165, 1.54) is 0 Å². The molecule has 0 radical (unpaired) electrons. The number of hydrogen-bond acceptors (Lipinski definition) is 4. The fourth-order valence-electron chi connectivity index (χ4n) is 0.852. The molecule has 0 aliphatic heterocycles. The number of hydrazine groups is 1. The Bertz CT molecular complexity index is 284. The standard InChI is InChI=1S/C8H11N3O2/c1-13-7-3-2-6(10-5-7)4-8(12)11-9/h2-3,5H,4,9H2,1H3,(H,11,12). The van der Waals surface area contributed by atoms with Crippen LogP contribution in [0.5, 0.6) is 5.75 Å². The highest BCUT2D eigenvalue weighted by Crippen LogP contribution is 2.07. The van der Waals surface area contributed by atoms with Crippen LogP contribution in [0.4, 0.5) is 0 Å². The lowest BCUT2D eigenvalue weighted by atomic mass is 10.2. The zero-order chi connectivity index (χ0) is 9.68. The second kappa shape index (κ2) is 4.42. The molecule has 0 aliphatic carbocycles. The first-order valence-corrected chi connectivity index (χ1v) is 3.74. The Hall–Kier alpha value is -1.62. The molecule has 1 aromatic heterocycles. The third kappa shape index (κ3) is 2.72. The SMILES string of the molecule is COc1ccc(CC(=O)NN)nc1. The van der Waals surface area contributed by atoms with Crippen molar-refractivity contribution in [2.75, 3.05) is 7.11 Å². The van der Waals surface area contributed by atoms with E-state index < -0.39 is 0 Å². The Kier molecular flexibility index (Phi) is 3.22. The molecule has 70 valence electrons. The minimum absolute atomic E-state index is 0.181. The van der Waals surface area contributed by atoms with Gasteiger partial charge in [0, 0.05) is 5.69 Å². The summed E-state index contributed by atoms with van der Waals surface area (Å²) in [6.07, 6.45) is 1.74. The van der Waals surface area contributed by atoms with Crippen LogP contribution in [0, 0.1) is 0 Å². The van der Waals surface area contributed by atoms with Crippen molar-refractivity contribution in [1.82, 2.24) is 10.4 Å². The molecule has 0 spiro atoms. The van der Waals surface area contributed by atoms with Crippen molar-refractivity contribution in [3.63, 3.8) is 0 Å². The molecule has 1 rings (SSSR count). The number of carbonyl (C=O) groups is 1. The summed E-state index contributed by atoms with van der Waals surface area (Å²) in [5.41, 5.74) is 2.69. The highest BCUT2D eigenvalue weighted by Gasteiger charge is 2.01. The lowest BCUT2D eigenvalue weighted by Gasteiger charge is -2.01. The number of aromatic nitrogens is 1. The van der Waals surface area contributed by atoms with E-state index in [2.05, 4.69) is 4.98 Å². The summed E-state index contributed by atoms with van der Waals surface area (Å²) in [6, 6.07) is 3.46. The highest BCUT2D eigenvalue weighted by atomic mass is 16.5. The number of nitrogens with two attached hydrogens (primary N) is 1. The highest BCUT2D eigenvalue weighted by molar-refractivity contribution is 5.77. The second-order valence-corrected chi connectivity index (χ2v) is 2.43. The summed E-state index contributed by atoms with van der Waals surface area (Å²) in [5.74, 6) is 5.32. The molecule has 0 fully saturated rings. The first-order chi connectivity index (χ1) is 6.26. The summed E-state index contributed by atoms with van der Waals surface area (Å²) in [7, 11) is 1.56. The third-order valence-electron chi connectivity index (χ3n) is 1.54. The molecule has 1 aromatic rings. The van der Waals surface area contributed by atoms with Gasteiger partial charge in [0.1, 0.15) is 5.75 Å². The minimum Gasteiger partial charge on any atom is -0.495 e. The summed E-state index contributed by atoms with van der Waals surface area (Å²) >= 11 is 0. The maximum absolute atomic E-state index is 10.8. The average molecular weight is 181 g/mol. The topological polar surface area (TPSA) is 77.2 Å². The molecule has 5 nitrogen and oxygen atoms in total. The second-order valence-electron chi connectivity index (χ2n) is 2.43. The van der Waals surface area contributed by atoms with Crippen molar-refractivity contribution in [2.24, 2.45) is 5.84 Å². The van der Waals surface area contributed by atoms with Gasteiger partial charge in [-0.3, -0.25) is 15.2 Å². The molecule has 5 heteroatoms. The lowest BCUT2D eigenvalue weighted by Crippen LogP contribution is -2.31. The number of amides is 1. The largest absolute Gasteiger partial charge is 0.495 e. The van der Waals surface area contributed by atoms with Crippen molar-refractivity contribution in [3.05, 3.63) is 24.0 Å². The molecule has 0 aromatic carbocycles. The first kappa shape index (κ1) is 9.47. The minimum atomic E-state index is -0.266. The zero-order valence-electron chi connectivity index (χ0n) is 7.28. The van der Waals surface area contributed by atoms with Crippen LogP contribution in [0.2, 0.25) is 0 Å². The van der Waals surface area contributed by atoms with E-state index in [0.29, 0.717) is 11.4 Å². The summed E-state index contributed by atoms with van der Waals surface area (Å²) in [4.78, 5) is 14.8. The maximum Gasteiger partial charge on any atom is 0.239 e. The predicted octanol–water partition coefficient (Wildman–Crippen LogP) is -0.377. The van der Waals surface area contributed by atoms with Gasteiger partial charge in [0.05, 0.1) is 19.7 Å². The van der Waals surface area contributed by atoms with E-state index >= 15 is 0 Å². The van der Waals surface area contributed by atoms with Crippen molar-refractivity contribution in [1.29, 1.82) is 0 Å². The van der Waals surface area contributed by atoms with Gasteiger partial charge in [-0.1, -0.05) is 0 Å². The summed E-state index contributed by atoms with van der Waals surface area (Å²) in [6.45, 7) is 0. The Labute approximate surface area is 75.9 Å². The Balaban J connectivity index is 2.64. The van der Waals surface area contributed by atoms with Crippen molar-refractivity contribution >= 4 is 5.91 Å². The average Bonchev–Trinajstić information content (AvgIpc) is 2.19. The van der Waals surface area contributed by atoms with Crippen molar-refractivity contribution in [2.45, 2.75) is 6.42 Å². The summed E-state index contributed by atoms with van der Waals surface area (Å²) in [5, 5.41) is 0. The van der Waals surface area contributed by atoms with Crippen LogP contribution in [0.15, 0.2) is 18.3 Å². The molecule has 0 atom stereocenters. The number of carbonyl (C=O) groups excluding carboxylic acids is 1. The van der Waals surface area contributed by atoms with E-state index in [1.54, 1.807) is 25.4 Å². The van der Waals surface area contributed by atoms with E-state index in [-0.39, 0.29) is 12.3 Å². The Morgan fingerprint density at radius 2 is 2.46 bits per heavy atom. The van der Waals surface area contributed by atoms with Crippen LogP contribution in [0.25, 0.3) is 0 Å². The molecule has 0 aliphatic rings. The van der Waals surface area contributed by atoms with Crippen molar-refractivity contribution < 1.29 is 9.53 Å². The first-order valence-electron chi connectivity index (χ1n) is 3.74. The van der Waals surface area contributed by atoms with E-state index in [0.717, 1.165) is 0 Å². The van der Waals surface area contributed by atoms with Gasteiger partial charge in [-0.15, -0.1) is 0 Å². The van der Waals surface area contributed by atoms with Gasteiger partial charge < -0.3 is 4.74 Å². The van der Waals surface area contributed by atoms with Crippen LogP contribution >= 0.6 is 0 Å². The van der Waals surface area contributed by atoms with Gasteiger partial charge in [0.15, 0.2) is 0 Å². The molecule has 0 bridgehead atoms. The van der Waals surface area contributed by atoms with E-state index in [9.17, 15) is 4.79 Å². The van der Waals surface area contributed by atoms with Crippen molar-refractivity contribution in [3.8, 4) is 5.75 Å². The monoisotopic (exact) mass is 181 g/mol. The fraction of sp³-hybridized carbons (Fsp3) is 0.250. The van der Waals surface area contributed by atoms with Crippen LogP contribution in [0.3, 0.4) is 0 Å². The Morgan fingerprint density at radius 1 is 1.69 bits per heavy atom. The van der Waals surface area contributed by atoms with Crippen LogP contribution < -0.4 is 16.0 Å². The normalized spacial score (nSPS) is 9.38. The number of nitrogens with zero attached hydrogens (tertiary/aromatic N) is 1. The lowest BCUT2D eigenvalue weighted by molar-refractivity contribution is -0.120. The number of pyridine rings is 1. The predicted molar refractivity (Wildman–Crippen MR) is 46.8 cm³/mol. The number of nitrogens with one attached hydrogen (secondary N) is 1. The molecule has 0 unspecified atom stereocenters.